The molecule has 2 aliphatic heterocycles. The maximum atomic E-state index is 13.2. The first kappa shape index (κ1) is 34.5. The lowest BCUT2D eigenvalue weighted by Gasteiger charge is -2.24. The van der Waals surface area contributed by atoms with Gasteiger partial charge in [0.05, 0.1) is 0 Å². The van der Waals surface area contributed by atoms with Crippen LogP contribution in [0.15, 0.2) is 90.9 Å². The molecule has 1 aliphatic carbocycles. The van der Waals surface area contributed by atoms with E-state index in [1.54, 1.807) is 28.3 Å². The molecule has 1 aromatic carbocycles. The van der Waals surface area contributed by atoms with Crippen molar-refractivity contribution in [1.82, 2.24) is 25.1 Å². The molecule has 3 aromatic rings. The van der Waals surface area contributed by atoms with Crippen LogP contribution in [0, 0.1) is 5.92 Å². The van der Waals surface area contributed by atoms with E-state index in [2.05, 4.69) is 32.8 Å². The van der Waals surface area contributed by atoms with E-state index in [1.807, 2.05) is 74.5 Å². The molecule has 4 heterocycles. The van der Waals surface area contributed by atoms with Crippen molar-refractivity contribution in [2.75, 3.05) is 18.4 Å². The summed E-state index contributed by atoms with van der Waals surface area (Å²) in [6.45, 7) is 5.13. The van der Waals surface area contributed by atoms with Crippen LogP contribution in [0.3, 0.4) is 0 Å². The zero-order valence-corrected chi connectivity index (χ0v) is 28.7. The monoisotopic (exact) mass is 672 g/mol. The number of hydrogen-bond acceptors (Lipinski definition) is 6. The van der Waals surface area contributed by atoms with Gasteiger partial charge < -0.3 is 20.4 Å². The predicted molar refractivity (Wildman–Crippen MR) is 193 cm³/mol. The highest BCUT2D eigenvalue weighted by Gasteiger charge is 2.36. The Kier molecular flexibility index (Phi) is 11.0. The number of hydrogen-bond donors (Lipinski definition) is 2. The molecule has 2 N–H and O–H groups in total. The molecule has 6 rings (SSSR count). The number of carbonyl (C=O) groups is 4. The fourth-order valence-electron chi connectivity index (χ4n) is 6.72. The minimum absolute atomic E-state index is 0.162. The maximum absolute atomic E-state index is 13.2. The average molecular weight is 673 g/mol. The molecule has 3 atom stereocenters. The van der Waals surface area contributed by atoms with E-state index < -0.39 is 12.1 Å². The molecule has 4 amide bonds. The molecule has 0 saturated carbocycles. The zero-order valence-electron chi connectivity index (χ0n) is 28.7. The Morgan fingerprint density at radius 3 is 1.86 bits per heavy atom. The minimum atomic E-state index is -0.532. The largest absolute Gasteiger partial charge is 0.325 e. The van der Waals surface area contributed by atoms with E-state index in [4.69, 9.17) is 0 Å². The van der Waals surface area contributed by atoms with Gasteiger partial charge in [0.15, 0.2) is 0 Å². The summed E-state index contributed by atoms with van der Waals surface area (Å²) >= 11 is 0. The van der Waals surface area contributed by atoms with Crippen LogP contribution in [0.4, 0.5) is 5.69 Å². The predicted octanol–water partition coefficient (Wildman–Crippen LogP) is 5.74. The molecule has 2 fully saturated rings. The van der Waals surface area contributed by atoms with Gasteiger partial charge >= 0.3 is 0 Å². The number of pyridine rings is 2. The van der Waals surface area contributed by atoms with Gasteiger partial charge in [0.1, 0.15) is 23.5 Å². The number of aryl methyl sites for hydroxylation is 2. The summed E-state index contributed by atoms with van der Waals surface area (Å²) in [7, 11) is 0. The van der Waals surface area contributed by atoms with Gasteiger partial charge in [-0.25, -0.2) is 0 Å². The third-order valence-electron chi connectivity index (χ3n) is 9.65. The van der Waals surface area contributed by atoms with Crippen molar-refractivity contribution in [3.05, 3.63) is 119 Å². The smallest absolute Gasteiger partial charge is 0.273 e. The Morgan fingerprint density at radius 2 is 1.34 bits per heavy atom. The Balaban J connectivity index is 0.982. The molecule has 10 nitrogen and oxygen atoms in total. The Hall–Kier alpha value is -5.38. The minimum Gasteiger partial charge on any atom is -0.325 e. The highest BCUT2D eigenvalue weighted by molar-refractivity contribution is 6.01. The van der Waals surface area contributed by atoms with Gasteiger partial charge in [-0.1, -0.05) is 50.3 Å². The van der Waals surface area contributed by atoms with Gasteiger partial charge in [-0.2, -0.15) is 0 Å². The van der Waals surface area contributed by atoms with Crippen molar-refractivity contribution in [2.45, 2.75) is 70.9 Å². The third-order valence-corrected chi connectivity index (χ3v) is 9.65. The van der Waals surface area contributed by atoms with Crippen molar-refractivity contribution in [3.63, 3.8) is 0 Å². The summed E-state index contributed by atoms with van der Waals surface area (Å²) in [6.07, 6.45) is 18.6. The quantitative estimate of drug-likeness (QED) is 0.283. The van der Waals surface area contributed by atoms with E-state index in [0.29, 0.717) is 43.0 Å². The molecule has 2 aromatic heterocycles. The first-order valence-electron chi connectivity index (χ1n) is 17.6. The molecule has 0 spiro atoms. The first-order chi connectivity index (χ1) is 24.3. The number of anilines is 1. The van der Waals surface area contributed by atoms with Crippen molar-refractivity contribution in [3.8, 4) is 0 Å². The lowest BCUT2D eigenvalue weighted by atomic mass is 9.98. The number of aromatic nitrogens is 2. The van der Waals surface area contributed by atoms with Gasteiger partial charge in [-0.15, -0.1) is 0 Å². The molecule has 2 saturated heterocycles. The van der Waals surface area contributed by atoms with Gasteiger partial charge in [0.2, 0.25) is 11.8 Å². The van der Waals surface area contributed by atoms with Crippen LogP contribution in [0.1, 0.15) is 83.6 Å². The summed E-state index contributed by atoms with van der Waals surface area (Å²) in [5, 5.41) is 6.00. The number of likely N-dealkylation sites (tertiary alicyclic amines) is 2. The van der Waals surface area contributed by atoms with E-state index in [1.165, 1.54) is 0 Å². The number of nitrogens with one attached hydrogen (secondary N) is 2. The van der Waals surface area contributed by atoms with Crippen LogP contribution < -0.4 is 10.6 Å². The lowest BCUT2D eigenvalue weighted by molar-refractivity contribution is -0.124. The van der Waals surface area contributed by atoms with Crippen LogP contribution in [-0.4, -0.2) is 68.6 Å². The second-order valence-electron chi connectivity index (χ2n) is 13.0. The van der Waals surface area contributed by atoms with Crippen LogP contribution in [-0.2, 0) is 22.4 Å². The van der Waals surface area contributed by atoms with Crippen LogP contribution in [0.2, 0.25) is 0 Å². The third kappa shape index (κ3) is 8.07. The number of allylic oxidation sites excluding steroid dienone is 4. The fourth-order valence-corrected chi connectivity index (χ4v) is 6.72. The van der Waals surface area contributed by atoms with Crippen LogP contribution in [0.25, 0.3) is 6.08 Å². The molecule has 1 unspecified atom stereocenters. The van der Waals surface area contributed by atoms with Gasteiger partial charge in [0.25, 0.3) is 11.8 Å². The highest BCUT2D eigenvalue weighted by atomic mass is 16.2. The standard InChI is InChI=1S/C40H44N6O4/c1-3-27-19-21-41-33(25-27)39(49)45-23-5-7-35(45)37(47)43-31-15-11-29(12-16-31)9-10-30-13-17-32(18-14-30)44-38(48)36-8-6-24-46(36)40(50)34-26-28(4-2)20-22-42-34/h9-13,15-22,25-26,30,35-36H,3-8,14,23-24H2,1-2H3,(H,43,47)(H,44,48)/b10-9+/t30?,35-,36-/m0/s1. The molecule has 258 valence electrons. The van der Waals surface area contributed by atoms with Gasteiger partial charge in [0, 0.05) is 36.9 Å². The number of benzene rings is 1. The zero-order chi connectivity index (χ0) is 35.0. The lowest BCUT2D eigenvalue weighted by Crippen LogP contribution is -2.45. The summed E-state index contributed by atoms with van der Waals surface area (Å²) < 4.78 is 0. The van der Waals surface area contributed by atoms with Crippen molar-refractivity contribution >= 4 is 35.4 Å². The van der Waals surface area contributed by atoms with Crippen molar-refractivity contribution in [2.24, 2.45) is 5.92 Å². The second kappa shape index (κ2) is 15.9. The molecule has 50 heavy (non-hydrogen) atoms. The Morgan fingerprint density at radius 1 is 0.780 bits per heavy atom. The number of rotatable bonds is 10. The summed E-state index contributed by atoms with van der Waals surface area (Å²) in [4.78, 5) is 64.6. The Labute approximate surface area is 293 Å². The first-order valence-corrected chi connectivity index (χ1v) is 17.6. The summed E-state index contributed by atoms with van der Waals surface area (Å²) in [6, 6.07) is 14.0. The number of amides is 4. The summed E-state index contributed by atoms with van der Waals surface area (Å²) in [5.74, 6) is -0.622. The normalized spacial score (nSPS) is 20.2. The number of nitrogens with zero attached hydrogens (tertiary/aromatic N) is 4. The van der Waals surface area contributed by atoms with E-state index in [0.717, 1.165) is 54.5 Å². The van der Waals surface area contributed by atoms with E-state index in [9.17, 15) is 19.2 Å². The number of carbonyl (C=O) groups excluding carboxylic acids is 4. The van der Waals surface area contributed by atoms with Gasteiger partial charge in [-0.3, -0.25) is 29.1 Å². The summed E-state index contributed by atoms with van der Waals surface area (Å²) in [5.41, 5.74) is 5.23. The van der Waals surface area contributed by atoms with Crippen molar-refractivity contribution < 1.29 is 19.2 Å². The van der Waals surface area contributed by atoms with Gasteiger partial charge in [-0.05, 0) is 110 Å². The highest BCUT2D eigenvalue weighted by Crippen LogP contribution is 2.24. The topological polar surface area (TPSA) is 125 Å². The van der Waals surface area contributed by atoms with Crippen LogP contribution >= 0.6 is 0 Å². The molecule has 3 aliphatic rings. The second-order valence-corrected chi connectivity index (χ2v) is 13.0. The molecule has 10 heteroatoms. The maximum Gasteiger partial charge on any atom is 0.273 e. The molecule has 0 bridgehead atoms. The van der Waals surface area contributed by atoms with E-state index in [-0.39, 0.29) is 29.5 Å². The Bertz CT molecular complexity index is 1830. The van der Waals surface area contributed by atoms with Crippen molar-refractivity contribution in [1.29, 1.82) is 0 Å². The molecular formula is C40H44N6O4. The molecular weight excluding hydrogens is 628 g/mol. The van der Waals surface area contributed by atoms with E-state index >= 15 is 0 Å². The average Bonchev–Trinajstić information content (AvgIpc) is 3.86. The SMILES string of the molecule is CCc1ccnc(C(=O)N2CCC[C@H]2C(=O)NC2=CCC(/C=C/c3ccc(NC(=O)[C@@H]4CCCN4C(=O)c4cc(CC)ccn4)cc3)C=C2)c1. The van der Waals surface area contributed by atoms with Crippen LogP contribution in [0.5, 0.6) is 0 Å². The molecule has 0 radical (unpaired) electrons. The fraction of sp³-hybridized carbons (Fsp3) is 0.350.